The second-order valence-corrected chi connectivity index (χ2v) is 16.8. The monoisotopic (exact) mass is 1040 g/mol. The number of aryl methyl sites for hydroxylation is 3. The van der Waals surface area contributed by atoms with Crippen molar-refractivity contribution in [1.82, 2.24) is 0 Å². The molecule has 0 spiro atoms. The molecule has 0 aliphatic carbocycles. The maximum absolute atomic E-state index is 13.6. The molecule has 0 aromatic heterocycles. The van der Waals surface area contributed by atoms with Crippen LogP contribution >= 0.6 is 58.0 Å². The van der Waals surface area contributed by atoms with E-state index in [1.165, 1.54) is 82.7 Å². The number of ether oxygens (including phenoxy) is 2. The maximum Gasteiger partial charge on any atom is 0.258 e. The van der Waals surface area contributed by atoms with Crippen molar-refractivity contribution in [2.45, 2.75) is 45.2 Å². The van der Waals surface area contributed by atoms with Crippen LogP contribution in [-0.2, 0) is 38.4 Å². The highest BCUT2D eigenvalue weighted by molar-refractivity contribution is 6.35. The number of para-hydroxylation sites is 2. The van der Waals surface area contributed by atoms with Crippen molar-refractivity contribution in [2.24, 2.45) is 20.5 Å². The lowest BCUT2D eigenvalue weighted by atomic mass is 10.1. The molecule has 16 nitrogen and oxygen atoms in total. The Morgan fingerprint density at radius 2 is 0.971 bits per heavy atom. The summed E-state index contributed by atoms with van der Waals surface area (Å²) in [6.45, 7) is 2.34. The van der Waals surface area contributed by atoms with Crippen molar-refractivity contribution in [3.63, 3.8) is 0 Å². The normalized spacial score (nSPS) is 12.0. The fraction of sp³-hybridized carbons (Fsp3) is 0.250. The second-order valence-electron chi connectivity index (χ2n) is 14.9. The van der Waals surface area contributed by atoms with Crippen LogP contribution in [0.15, 0.2) is 111 Å². The van der Waals surface area contributed by atoms with Gasteiger partial charge in [-0.05, 0) is 117 Å². The number of benzene rings is 5. The van der Waals surface area contributed by atoms with Gasteiger partial charge in [0.25, 0.3) is 23.6 Å². The van der Waals surface area contributed by atoms with Gasteiger partial charge < -0.3 is 30.7 Å². The van der Waals surface area contributed by atoms with E-state index in [9.17, 15) is 28.8 Å². The number of alkyl halides is 3. The number of nitrogens with zero attached hydrogens (tertiary/aromatic N) is 4. The molecular weight excluding hydrogens is 994 g/mol. The average Bonchev–Trinajstić information content (AvgIpc) is 3.31. The average molecular weight is 1040 g/mol. The van der Waals surface area contributed by atoms with Gasteiger partial charge in [0.05, 0.1) is 58.1 Å². The highest BCUT2D eigenvalue weighted by Gasteiger charge is 2.27. The Kier molecular flexibility index (Phi) is 20.0. The third-order valence-corrected chi connectivity index (χ3v) is 11.3. The fourth-order valence-corrected chi connectivity index (χ4v) is 7.67. The van der Waals surface area contributed by atoms with Gasteiger partial charge in [-0.3, -0.25) is 28.8 Å². The molecule has 69 heavy (non-hydrogen) atoms. The molecule has 0 aliphatic heterocycles. The first-order valence-electron chi connectivity index (χ1n) is 20.9. The SMILES string of the molecule is COc1cccc(CCCl)c1NC(=O)c1cc(N=NC(C(C)=O)C(=O)Nc2ccc(NC(=O)C(N=Nc3ccc(Cl)c(C(=O)Nc4c(CCCl)cccc4OC)c3)C(C)=O)c(CCCl)c2)ccc1Cl. The number of hydrogen-bond donors (Lipinski definition) is 4. The van der Waals surface area contributed by atoms with Crippen LogP contribution in [0.4, 0.5) is 34.1 Å². The molecule has 0 saturated carbocycles. The van der Waals surface area contributed by atoms with Crippen LogP contribution in [0.25, 0.3) is 0 Å². The van der Waals surface area contributed by atoms with Crippen LogP contribution in [0.3, 0.4) is 0 Å². The van der Waals surface area contributed by atoms with Crippen LogP contribution in [0.1, 0.15) is 51.3 Å². The molecule has 2 unspecified atom stereocenters. The summed E-state index contributed by atoms with van der Waals surface area (Å²) in [6, 6.07) is 20.3. The van der Waals surface area contributed by atoms with Crippen molar-refractivity contribution in [3.8, 4) is 11.5 Å². The lowest BCUT2D eigenvalue weighted by Crippen LogP contribution is -2.32. The van der Waals surface area contributed by atoms with Crippen LogP contribution in [0, 0.1) is 0 Å². The topological polar surface area (TPSA) is 218 Å². The Hall–Kier alpha value is -6.43. The molecule has 5 aromatic rings. The first-order chi connectivity index (χ1) is 33.1. The fourth-order valence-electron chi connectivity index (χ4n) is 6.66. The zero-order chi connectivity index (χ0) is 50.2. The number of amides is 4. The molecule has 4 amide bonds. The number of Topliss-reactive ketones (excluding diaryl/α,β-unsaturated/α-hetero) is 2. The van der Waals surface area contributed by atoms with Gasteiger partial charge in [-0.1, -0.05) is 47.5 Å². The van der Waals surface area contributed by atoms with E-state index in [0.29, 0.717) is 53.0 Å². The summed E-state index contributed by atoms with van der Waals surface area (Å²) in [4.78, 5) is 79.4. The number of hydrogen-bond acceptors (Lipinski definition) is 12. The molecule has 0 saturated heterocycles. The van der Waals surface area contributed by atoms with E-state index >= 15 is 0 Å². The molecule has 21 heteroatoms. The van der Waals surface area contributed by atoms with Crippen molar-refractivity contribution >= 4 is 127 Å². The largest absolute Gasteiger partial charge is 0.495 e. The zero-order valence-electron chi connectivity index (χ0n) is 37.5. The van der Waals surface area contributed by atoms with Gasteiger partial charge in [-0.15, -0.1) is 34.8 Å². The Morgan fingerprint density at radius 3 is 1.39 bits per heavy atom. The molecule has 360 valence electrons. The summed E-state index contributed by atoms with van der Waals surface area (Å²) >= 11 is 30.9. The first-order valence-corrected chi connectivity index (χ1v) is 23.3. The predicted octanol–water partition coefficient (Wildman–Crippen LogP) is 11.2. The number of nitrogens with one attached hydrogen (secondary N) is 4. The summed E-state index contributed by atoms with van der Waals surface area (Å²) in [5.74, 6) is -2.54. The number of rotatable bonds is 22. The predicted molar refractivity (Wildman–Crippen MR) is 270 cm³/mol. The molecule has 5 aromatic carbocycles. The summed E-state index contributed by atoms with van der Waals surface area (Å²) < 4.78 is 10.9. The smallest absolute Gasteiger partial charge is 0.258 e. The quantitative estimate of drug-likeness (QED) is 0.0296. The van der Waals surface area contributed by atoms with Crippen LogP contribution in [0.2, 0.25) is 10.0 Å². The third kappa shape index (κ3) is 14.3. The summed E-state index contributed by atoms with van der Waals surface area (Å²) in [5.41, 5.74) is 3.60. The molecule has 0 heterocycles. The van der Waals surface area contributed by atoms with Gasteiger partial charge in [-0.25, -0.2) is 0 Å². The van der Waals surface area contributed by atoms with E-state index in [4.69, 9.17) is 67.5 Å². The Balaban J connectivity index is 1.29. The maximum atomic E-state index is 13.6. The summed E-state index contributed by atoms with van der Waals surface area (Å²) in [7, 11) is 2.94. The van der Waals surface area contributed by atoms with E-state index in [1.54, 1.807) is 24.3 Å². The molecule has 0 aliphatic rings. The van der Waals surface area contributed by atoms with Crippen LogP contribution < -0.4 is 30.7 Å². The van der Waals surface area contributed by atoms with E-state index in [-0.39, 0.29) is 56.2 Å². The van der Waals surface area contributed by atoms with Gasteiger partial charge in [0, 0.05) is 29.0 Å². The van der Waals surface area contributed by atoms with Gasteiger partial charge in [0.2, 0.25) is 12.1 Å². The molecule has 0 bridgehead atoms. The standard InChI is InChI=1S/C48H45Cl5N8O8/c1-26(62)41(60-58-32-11-14-36(52)34(24-32)45(64)56-43-28(17-20-49)7-5-9-39(43)68-3)47(66)54-31-13-16-38(30(23-31)19-22-51)55-48(67)42(27(2)63)61-59-33-12-15-37(53)35(25-33)46(65)57-44-29(18-21-50)8-6-10-40(44)69-4/h5-16,23-25,41-42H,17-22H2,1-4H3,(H,54,66)(H,55,67)(H,56,64)(H,57,65). The number of carbonyl (C=O) groups excluding carboxylic acids is 6. The Morgan fingerprint density at radius 1 is 0.536 bits per heavy atom. The number of halogens is 5. The highest BCUT2D eigenvalue weighted by atomic mass is 35.5. The number of azo groups is 2. The van der Waals surface area contributed by atoms with E-state index in [2.05, 4.69) is 41.7 Å². The van der Waals surface area contributed by atoms with Gasteiger partial charge in [-0.2, -0.15) is 20.5 Å². The lowest BCUT2D eigenvalue weighted by molar-refractivity contribution is -0.127. The van der Waals surface area contributed by atoms with Gasteiger partial charge in [0.15, 0.2) is 11.6 Å². The molecule has 5 rings (SSSR count). The van der Waals surface area contributed by atoms with Gasteiger partial charge >= 0.3 is 0 Å². The van der Waals surface area contributed by atoms with E-state index in [1.807, 2.05) is 12.1 Å². The van der Waals surface area contributed by atoms with Crippen molar-refractivity contribution in [1.29, 1.82) is 0 Å². The van der Waals surface area contributed by atoms with Crippen molar-refractivity contribution in [2.75, 3.05) is 53.1 Å². The summed E-state index contributed by atoms with van der Waals surface area (Å²) in [5, 5.41) is 27.4. The van der Waals surface area contributed by atoms with Crippen LogP contribution in [-0.4, -0.2) is 79.1 Å². The molecule has 2 atom stereocenters. The van der Waals surface area contributed by atoms with Crippen molar-refractivity contribution < 1.29 is 38.2 Å². The molecule has 0 radical (unpaired) electrons. The number of ketones is 2. The van der Waals surface area contributed by atoms with Crippen LogP contribution in [0.5, 0.6) is 11.5 Å². The minimum Gasteiger partial charge on any atom is -0.495 e. The number of anilines is 4. The van der Waals surface area contributed by atoms with Crippen molar-refractivity contribution in [3.05, 3.63) is 129 Å². The van der Waals surface area contributed by atoms with E-state index in [0.717, 1.165) is 11.1 Å². The minimum atomic E-state index is -1.61. The minimum absolute atomic E-state index is 0.0375. The van der Waals surface area contributed by atoms with E-state index < -0.39 is 47.3 Å². The zero-order valence-corrected chi connectivity index (χ0v) is 41.3. The second kappa shape index (κ2) is 25.8. The molecule has 4 N–H and O–H groups in total. The Bertz CT molecular complexity index is 2810. The molecule has 0 fully saturated rings. The summed E-state index contributed by atoms with van der Waals surface area (Å²) in [6.07, 6.45) is 1.12. The number of methoxy groups -OCH3 is 2. The first kappa shape index (κ1) is 53.5. The number of carbonyl (C=O) groups is 6. The lowest BCUT2D eigenvalue weighted by Gasteiger charge is -2.16. The highest BCUT2D eigenvalue weighted by Crippen LogP contribution is 2.33. The third-order valence-electron chi connectivity index (χ3n) is 10.1. The Labute approximate surface area is 422 Å². The molecular formula is C48H45Cl5N8O8. The van der Waals surface area contributed by atoms with Gasteiger partial charge in [0.1, 0.15) is 11.5 Å².